The van der Waals surface area contributed by atoms with E-state index in [1.54, 1.807) is 48.5 Å². The highest BCUT2D eigenvalue weighted by atomic mass is 35.5. The van der Waals surface area contributed by atoms with Gasteiger partial charge in [0.2, 0.25) is 5.91 Å². The van der Waals surface area contributed by atoms with Crippen LogP contribution in [0.1, 0.15) is 15.9 Å². The van der Waals surface area contributed by atoms with E-state index in [4.69, 9.17) is 28.9 Å². The predicted molar refractivity (Wildman–Crippen MR) is 87.1 cm³/mol. The second kappa shape index (κ2) is 7.29. The lowest BCUT2D eigenvalue weighted by atomic mass is 10.0. The highest BCUT2D eigenvalue weighted by Gasteiger charge is 2.20. The van der Waals surface area contributed by atoms with Gasteiger partial charge < -0.3 is 11.1 Å². The third kappa shape index (κ3) is 4.23. The van der Waals surface area contributed by atoms with Gasteiger partial charge in [0.25, 0.3) is 5.91 Å². The fourth-order valence-corrected chi connectivity index (χ4v) is 2.29. The zero-order chi connectivity index (χ0) is 16.1. The zero-order valence-corrected chi connectivity index (χ0v) is 13.1. The number of amides is 2. The fourth-order valence-electron chi connectivity index (χ4n) is 1.95. The van der Waals surface area contributed by atoms with Crippen LogP contribution in [-0.2, 0) is 11.2 Å². The predicted octanol–water partition coefficient (Wildman–Crippen LogP) is 2.82. The van der Waals surface area contributed by atoms with E-state index in [0.717, 1.165) is 5.56 Å². The van der Waals surface area contributed by atoms with Crippen molar-refractivity contribution in [2.75, 3.05) is 0 Å². The van der Waals surface area contributed by atoms with Gasteiger partial charge >= 0.3 is 0 Å². The van der Waals surface area contributed by atoms with Crippen LogP contribution < -0.4 is 11.1 Å². The highest BCUT2D eigenvalue weighted by molar-refractivity contribution is 6.31. The standard InChI is InChI=1S/C16H14Cl2N2O2/c17-12-7-5-10(6-8-12)16(22)20-14(15(19)21)9-11-3-1-2-4-13(11)18/h1-8,14H,9H2,(H2,19,21)(H,20,22)/t14-/m0/s1. The van der Waals surface area contributed by atoms with Crippen LogP contribution in [0.4, 0.5) is 0 Å². The second-order valence-electron chi connectivity index (χ2n) is 4.73. The molecule has 2 aromatic rings. The molecule has 0 radical (unpaired) electrons. The molecule has 2 amide bonds. The van der Waals surface area contributed by atoms with Crippen LogP contribution in [0, 0.1) is 0 Å². The maximum absolute atomic E-state index is 12.2. The second-order valence-corrected chi connectivity index (χ2v) is 5.57. The number of rotatable bonds is 5. The summed E-state index contributed by atoms with van der Waals surface area (Å²) in [6, 6.07) is 12.6. The van der Waals surface area contributed by atoms with Crippen molar-refractivity contribution in [3.8, 4) is 0 Å². The summed E-state index contributed by atoms with van der Waals surface area (Å²) in [6.07, 6.45) is 0.230. The summed E-state index contributed by atoms with van der Waals surface area (Å²) in [7, 11) is 0. The molecule has 0 saturated heterocycles. The van der Waals surface area contributed by atoms with Crippen molar-refractivity contribution in [3.63, 3.8) is 0 Å². The molecule has 0 aliphatic rings. The van der Waals surface area contributed by atoms with E-state index in [2.05, 4.69) is 5.32 Å². The zero-order valence-electron chi connectivity index (χ0n) is 11.6. The topological polar surface area (TPSA) is 72.2 Å². The molecule has 0 unspecified atom stereocenters. The Labute approximate surface area is 138 Å². The van der Waals surface area contributed by atoms with Gasteiger partial charge in [-0.3, -0.25) is 9.59 Å². The van der Waals surface area contributed by atoms with Crippen molar-refractivity contribution in [2.45, 2.75) is 12.5 Å². The fraction of sp³-hybridized carbons (Fsp3) is 0.125. The van der Waals surface area contributed by atoms with Crippen molar-refractivity contribution >= 4 is 35.0 Å². The van der Waals surface area contributed by atoms with Crippen LogP contribution in [0.25, 0.3) is 0 Å². The molecule has 0 heterocycles. The van der Waals surface area contributed by atoms with Gasteiger partial charge in [0.15, 0.2) is 0 Å². The van der Waals surface area contributed by atoms with Crippen molar-refractivity contribution in [1.29, 1.82) is 0 Å². The number of carbonyl (C=O) groups excluding carboxylic acids is 2. The molecule has 0 bridgehead atoms. The molecule has 3 N–H and O–H groups in total. The van der Waals surface area contributed by atoms with Crippen molar-refractivity contribution in [1.82, 2.24) is 5.32 Å². The first-order valence-electron chi connectivity index (χ1n) is 6.56. The van der Waals surface area contributed by atoms with Gasteiger partial charge in [-0.2, -0.15) is 0 Å². The van der Waals surface area contributed by atoms with Crippen LogP contribution in [0.3, 0.4) is 0 Å². The lowest BCUT2D eigenvalue weighted by molar-refractivity contribution is -0.119. The summed E-state index contributed by atoms with van der Waals surface area (Å²) < 4.78 is 0. The molecule has 6 heteroatoms. The van der Waals surface area contributed by atoms with Crippen LogP contribution in [0.15, 0.2) is 48.5 Å². The quantitative estimate of drug-likeness (QED) is 0.881. The summed E-state index contributed by atoms with van der Waals surface area (Å²) in [6.45, 7) is 0. The van der Waals surface area contributed by atoms with Crippen molar-refractivity contribution in [2.24, 2.45) is 5.73 Å². The Kier molecular flexibility index (Phi) is 5.41. The molecule has 0 aliphatic carbocycles. The maximum Gasteiger partial charge on any atom is 0.251 e. The van der Waals surface area contributed by atoms with Gasteiger partial charge in [0, 0.05) is 22.0 Å². The Morgan fingerprint density at radius 3 is 2.27 bits per heavy atom. The van der Waals surface area contributed by atoms with Crippen molar-refractivity contribution < 1.29 is 9.59 Å². The Morgan fingerprint density at radius 2 is 1.68 bits per heavy atom. The van der Waals surface area contributed by atoms with Crippen LogP contribution in [0.2, 0.25) is 10.0 Å². The largest absolute Gasteiger partial charge is 0.368 e. The molecule has 4 nitrogen and oxygen atoms in total. The van der Waals surface area contributed by atoms with Crippen LogP contribution in [0.5, 0.6) is 0 Å². The Bertz CT molecular complexity index is 687. The smallest absolute Gasteiger partial charge is 0.251 e. The molecule has 1 atom stereocenters. The van der Waals surface area contributed by atoms with Gasteiger partial charge in [-0.05, 0) is 35.9 Å². The summed E-state index contributed by atoms with van der Waals surface area (Å²) in [5, 5.41) is 3.66. The maximum atomic E-state index is 12.2. The monoisotopic (exact) mass is 336 g/mol. The number of nitrogens with one attached hydrogen (secondary N) is 1. The van der Waals surface area contributed by atoms with Crippen molar-refractivity contribution in [3.05, 3.63) is 69.7 Å². The Balaban J connectivity index is 2.12. The molecule has 2 rings (SSSR count). The molecular formula is C16H14Cl2N2O2. The summed E-state index contributed by atoms with van der Waals surface area (Å²) in [5.74, 6) is -1.02. The minimum absolute atomic E-state index is 0.230. The molecule has 0 aliphatic heterocycles. The molecule has 114 valence electrons. The number of carbonyl (C=O) groups is 2. The number of halogens is 2. The van der Waals surface area contributed by atoms with Gasteiger partial charge in [-0.15, -0.1) is 0 Å². The molecule has 2 aromatic carbocycles. The molecule has 0 aromatic heterocycles. The SMILES string of the molecule is NC(=O)[C@H](Cc1ccccc1Cl)NC(=O)c1ccc(Cl)cc1. The number of primary amides is 1. The minimum atomic E-state index is -0.844. The Hall–Kier alpha value is -2.04. The minimum Gasteiger partial charge on any atom is -0.368 e. The molecule has 22 heavy (non-hydrogen) atoms. The van der Waals surface area contributed by atoms with E-state index in [9.17, 15) is 9.59 Å². The van der Waals surface area contributed by atoms with E-state index in [1.807, 2.05) is 0 Å². The van der Waals surface area contributed by atoms with Gasteiger partial charge in [0.1, 0.15) is 6.04 Å². The van der Waals surface area contributed by atoms with E-state index >= 15 is 0 Å². The molecular weight excluding hydrogens is 323 g/mol. The first-order chi connectivity index (χ1) is 10.5. The van der Waals surface area contributed by atoms with Crippen LogP contribution in [-0.4, -0.2) is 17.9 Å². The van der Waals surface area contributed by atoms with Crippen LogP contribution >= 0.6 is 23.2 Å². The summed E-state index contributed by atoms with van der Waals surface area (Å²) in [5.41, 5.74) is 6.51. The lowest BCUT2D eigenvalue weighted by Gasteiger charge is -2.16. The first kappa shape index (κ1) is 16.3. The normalized spacial score (nSPS) is 11.7. The molecule has 0 spiro atoms. The number of hydrogen-bond acceptors (Lipinski definition) is 2. The number of nitrogens with two attached hydrogens (primary N) is 1. The first-order valence-corrected chi connectivity index (χ1v) is 7.32. The van der Waals surface area contributed by atoms with Gasteiger partial charge in [-0.1, -0.05) is 41.4 Å². The molecule has 0 fully saturated rings. The number of hydrogen-bond donors (Lipinski definition) is 2. The molecule has 0 saturated carbocycles. The number of benzene rings is 2. The average Bonchev–Trinajstić information content (AvgIpc) is 2.49. The van der Waals surface area contributed by atoms with Gasteiger partial charge in [-0.25, -0.2) is 0 Å². The van der Waals surface area contributed by atoms with E-state index in [-0.39, 0.29) is 6.42 Å². The Morgan fingerprint density at radius 1 is 1.05 bits per heavy atom. The average molecular weight is 337 g/mol. The highest BCUT2D eigenvalue weighted by Crippen LogP contribution is 2.17. The lowest BCUT2D eigenvalue weighted by Crippen LogP contribution is -2.45. The van der Waals surface area contributed by atoms with E-state index < -0.39 is 17.9 Å². The van der Waals surface area contributed by atoms with Gasteiger partial charge in [0.05, 0.1) is 0 Å². The summed E-state index contributed by atoms with van der Waals surface area (Å²) in [4.78, 5) is 23.7. The van der Waals surface area contributed by atoms with E-state index in [0.29, 0.717) is 15.6 Å². The summed E-state index contributed by atoms with van der Waals surface area (Å²) >= 11 is 11.8. The van der Waals surface area contributed by atoms with E-state index in [1.165, 1.54) is 0 Å². The third-order valence-corrected chi connectivity index (χ3v) is 3.76. The third-order valence-electron chi connectivity index (χ3n) is 3.14.